The number of aromatic hydroxyl groups is 2. The highest BCUT2D eigenvalue weighted by molar-refractivity contribution is 5.87. The molecule has 0 unspecified atom stereocenters. The molecule has 0 fully saturated rings. The molecule has 3 aromatic carbocycles. The normalized spacial score (nSPS) is 10.9. The van der Waals surface area contributed by atoms with Crippen LogP contribution in [0, 0.1) is 0 Å². The Kier molecular flexibility index (Phi) is 4.90. The molecule has 3 nitrogen and oxygen atoms in total. The van der Waals surface area contributed by atoms with Gasteiger partial charge in [0.1, 0.15) is 23.0 Å². The lowest BCUT2D eigenvalue weighted by Crippen LogP contribution is -1.89. The highest BCUT2D eigenvalue weighted by atomic mass is 16.3. The van der Waals surface area contributed by atoms with Crippen LogP contribution in [0.2, 0.25) is 0 Å². The second-order valence-electron chi connectivity index (χ2n) is 6.82. The lowest BCUT2D eigenvalue weighted by atomic mass is 9.93. The fourth-order valence-corrected chi connectivity index (χ4v) is 3.53. The number of furan rings is 1. The summed E-state index contributed by atoms with van der Waals surface area (Å²) in [5, 5.41) is 19.4. The number of phenols is 2. The minimum absolute atomic E-state index is 0.231. The Balaban J connectivity index is 2.00. The van der Waals surface area contributed by atoms with Crippen molar-refractivity contribution >= 4 is 0 Å². The van der Waals surface area contributed by atoms with Crippen molar-refractivity contribution in [2.45, 2.75) is 19.8 Å². The Morgan fingerprint density at radius 1 is 0.643 bits per heavy atom. The van der Waals surface area contributed by atoms with Gasteiger partial charge in [-0.05, 0) is 48.4 Å². The maximum absolute atomic E-state index is 9.72. The summed E-state index contributed by atoms with van der Waals surface area (Å²) in [6, 6.07) is 24.4. The van der Waals surface area contributed by atoms with Crippen LogP contribution in [0.15, 0.2) is 83.3 Å². The van der Waals surface area contributed by atoms with E-state index in [2.05, 4.69) is 6.92 Å². The van der Waals surface area contributed by atoms with Crippen LogP contribution in [0.3, 0.4) is 0 Å². The summed E-state index contributed by atoms with van der Waals surface area (Å²) < 4.78 is 6.45. The third-order valence-corrected chi connectivity index (χ3v) is 4.83. The summed E-state index contributed by atoms with van der Waals surface area (Å²) in [5.74, 6) is 2.11. The first-order valence-corrected chi connectivity index (χ1v) is 9.47. The van der Waals surface area contributed by atoms with E-state index >= 15 is 0 Å². The van der Waals surface area contributed by atoms with Gasteiger partial charge in [-0.25, -0.2) is 0 Å². The highest BCUT2D eigenvalue weighted by Crippen LogP contribution is 2.44. The summed E-state index contributed by atoms with van der Waals surface area (Å²) in [6.07, 6.45) is 1.84. The SMILES string of the molecule is CCCc1c(-c2ccc(O)cc2)oc(-c2ccccc2)c1-c1ccc(O)cc1. The monoisotopic (exact) mass is 370 g/mol. The molecule has 2 N–H and O–H groups in total. The second kappa shape index (κ2) is 7.65. The van der Waals surface area contributed by atoms with Crippen LogP contribution in [-0.2, 0) is 6.42 Å². The van der Waals surface area contributed by atoms with E-state index in [1.807, 2.05) is 54.6 Å². The van der Waals surface area contributed by atoms with E-state index < -0.39 is 0 Å². The summed E-state index contributed by atoms with van der Waals surface area (Å²) >= 11 is 0. The van der Waals surface area contributed by atoms with Crippen molar-refractivity contribution in [1.82, 2.24) is 0 Å². The van der Waals surface area contributed by atoms with Crippen LogP contribution < -0.4 is 0 Å². The first-order chi connectivity index (χ1) is 13.7. The van der Waals surface area contributed by atoms with E-state index in [4.69, 9.17) is 4.42 Å². The molecule has 0 bridgehead atoms. The van der Waals surface area contributed by atoms with Crippen molar-refractivity contribution in [1.29, 1.82) is 0 Å². The number of hydrogen-bond donors (Lipinski definition) is 2. The zero-order chi connectivity index (χ0) is 19.5. The predicted octanol–water partition coefficient (Wildman–Crippen LogP) is 6.64. The molecule has 1 heterocycles. The molecule has 0 radical (unpaired) electrons. The number of rotatable bonds is 5. The zero-order valence-corrected chi connectivity index (χ0v) is 15.7. The van der Waals surface area contributed by atoms with Gasteiger partial charge in [-0.3, -0.25) is 0 Å². The van der Waals surface area contributed by atoms with Gasteiger partial charge < -0.3 is 14.6 Å². The van der Waals surface area contributed by atoms with Crippen molar-refractivity contribution in [2.75, 3.05) is 0 Å². The molecule has 28 heavy (non-hydrogen) atoms. The molecule has 0 spiro atoms. The Morgan fingerprint density at radius 2 is 1.18 bits per heavy atom. The quantitative estimate of drug-likeness (QED) is 0.414. The van der Waals surface area contributed by atoms with Gasteiger partial charge in [-0.1, -0.05) is 55.8 Å². The fraction of sp³-hybridized carbons (Fsp3) is 0.120. The minimum Gasteiger partial charge on any atom is -0.508 e. The lowest BCUT2D eigenvalue weighted by molar-refractivity contribution is 0.475. The van der Waals surface area contributed by atoms with Crippen LogP contribution in [-0.4, -0.2) is 10.2 Å². The maximum atomic E-state index is 9.72. The first kappa shape index (κ1) is 17.9. The zero-order valence-electron chi connectivity index (χ0n) is 15.7. The van der Waals surface area contributed by atoms with Crippen LogP contribution in [0.4, 0.5) is 0 Å². The topological polar surface area (TPSA) is 53.6 Å². The van der Waals surface area contributed by atoms with E-state index in [9.17, 15) is 10.2 Å². The molecule has 0 saturated carbocycles. The summed E-state index contributed by atoms with van der Waals surface area (Å²) in [6.45, 7) is 2.15. The van der Waals surface area contributed by atoms with Crippen LogP contribution in [0.5, 0.6) is 11.5 Å². The fourth-order valence-electron chi connectivity index (χ4n) is 3.53. The van der Waals surface area contributed by atoms with Crippen molar-refractivity contribution in [3.05, 3.63) is 84.4 Å². The van der Waals surface area contributed by atoms with Crippen LogP contribution in [0.1, 0.15) is 18.9 Å². The summed E-state index contributed by atoms with van der Waals surface area (Å²) in [5.41, 5.74) is 5.14. The van der Waals surface area contributed by atoms with Gasteiger partial charge >= 0.3 is 0 Å². The standard InChI is InChI=1S/C25H22O3/c1-2-6-22-23(17-9-13-20(26)14-10-17)25(18-7-4-3-5-8-18)28-24(22)19-11-15-21(27)16-12-19/h3-5,7-16,26-27H,2,6H2,1H3. The van der Waals surface area contributed by atoms with Gasteiger partial charge in [0.15, 0.2) is 0 Å². The second-order valence-corrected chi connectivity index (χ2v) is 6.82. The Bertz CT molecular complexity index is 1060. The Hall–Kier alpha value is -3.46. The molecule has 0 saturated heterocycles. The van der Waals surface area contributed by atoms with Crippen LogP contribution in [0.25, 0.3) is 33.8 Å². The lowest BCUT2D eigenvalue weighted by Gasteiger charge is -2.07. The van der Waals surface area contributed by atoms with E-state index in [0.29, 0.717) is 0 Å². The predicted molar refractivity (Wildman–Crippen MR) is 112 cm³/mol. The van der Waals surface area contributed by atoms with E-state index in [0.717, 1.165) is 52.2 Å². The molecule has 0 atom stereocenters. The van der Waals surface area contributed by atoms with Crippen molar-refractivity contribution in [2.24, 2.45) is 0 Å². The number of hydrogen-bond acceptors (Lipinski definition) is 3. The summed E-state index contributed by atoms with van der Waals surface area (Å²) in [4.78, 5) is 0. The molecule has 0 amide bonds. The Labute approximate surface area is 164 Å². The molecule has 3 heteroatoms. The molecule has 0 aliphatic carbocycles. The molecule has 4 rings (SSSR count). The minimum atomic E-state index is 0.231. The van der Waals surface area contributed by atoms with Gasteiger partial charge in [0.2, 0.25) is 0 Å². The van der Waals surface area contributed by atoms with E-state index in [1.54, 1.807) is 24.3 Å². The third kappa shape index (κ3) is 3.39. The molecule has 4 aromatic rings. The highest BCUT2D eigenvalue weighted by Gasteiger charge is 2.23. The smallest absolute Gasteiger partial charge is 0.142 e. The molecule has 140 valence electrons. The summed E-state index contributed by atoms with van der Waals surface area (Å²) in [7, 11) is 0. The van der Waals surface area contributed by atoms with Gasteiger partial charge in [0.25, 0.3) is 0 Å². The third-order valence-electron chi connectivity index (χ3n) is 4.83. The largest absolute Gasteiger partial charge is 0.508 e. The number of benzene rings is 3. The maximum Gasteiger partial charge on any atom is 0.142 e. The molecular formula is C25H22O3. The molecule has 1 aromatic heterocycles. The average molecular weight is 370 g/mol. The van der Waals surface area contributed by atoms with E-state index in [1.165, 1.54) is 0 Å². The average Bonchev–Trinajstić information content (AvgIpc) is 3.09. The van der Waals surface area contributed by atoms with E-state index in [-0.39, 0.29) is 11.5 Å². The van der Waals surface area contributed by atoms with Gasteiger partial charge in [0.05, 0.1) is 0 Å². The van der Waals surface area contributed by atoms with Crippen LogP contribution >= 0.6 is 0 Å². The van der Waals surface area contributed by atoms with Crippen molar-refractivity contribution < 1.29 is 14.6 Å². The molecule has 0 aliphatic rings. The van der Waals surface area contributed by atoms with Gasteiger partial charge in [-0.2, -0.15) is 0 Å². The first-order valence-electron chi connectivity index (χ1n) is 9.47. The van der Waals surface area contributed by atoms with Crippen molar-refractivity contribution in [3.63, 3.8) is 0 Å². The molecule has 0 aliphatic heterocycles. The Morgan fingerprint density at radius 3 is 1.75 bits per heavy atom. The molecular weight excluding hydrogens is 348 g/mol. The number of phenolic OH excluding ortho intramolecular Hbond substituents is 2. The van der Waals surface area contributed by atoms with Gasteiger partial charge in [-0.15, -0.1) is 0 Å². The van der Waals surface area contributed by atoms with Crippen molar-refractivity contribution in [3.8, 4) is 45.3 Å². The van der Waals surface area contributed by atoms with Gasteiger partial charge in [0, 0.05) is 22.3 Å².